The van der Waals surface area contributed by atoms with Crippen LogP contribution >= 0.6 is 67.8 Å². The average Bonchev–Trinajstić information content (AvgIpc) is 2.42. The summed E-state index contributed by atoms with van der Waals surface area (Å²) in [6.07, 6.45) is 1.81. The number of aliphatic hydroxyl groups excluding tert-OH is 1. The van der Waals surface area contributed by atoms with Gasteiger partial charge in [0.05, 0.1) is 5.56 Å². The lowest BCUT2D eigenvalue weighted by atomic mass is 9.97. The van der Waals surface area contributed by atoms with Gasteiger partial charge < -0.3 is 10.0 Å². The maximum atomic E-state index is 12.6. The molecule has 0 atom stereocenters. The van der Waals surface area contributed by atoms with Crippen molar-refractivity contribution in [2.24, 2.45) is 5.92 Å². The molecule has 1 saturated heterocycles. The van der Waals surface area contributed by atoms with Gasteiger partial charge in [0.15, 0.2) is 0 Å². The Morgan fingerprint density at radius 1 is 1.26 bits per heavy atom. The molecule has 0 spiro atoms. The van der Waals surface area contributed by atoms with Gasteiger partial charge in [0.2, 0.25) is 0 Å². The Bertz CT molecular complexity index is 485. The molecule has 1 aliphatic rings. The molecule has 0 saturated carbocycles. The van der Waals surface area contributed by atoms with E-state index in [1.165, 1.54) is 0 Å². The van der Waals surface area contributed by atoms with Gasteiger partial charge in [0.1, 0.15) is 0 Å². The van der Waals surface area contributed by atoms with Crippen LogP contribution < -0.4 is 0 Å². The van der Waals surface area contributed by atoms with Crippen LogP contribution in [-0.2, 0) is 0 Å². The van der Waals surface area contributed by atoms with Gasteiger partial charge in [-0.1, -0.05) is 0 Å². The van der Waals surface area contributed by atoms with Crippen molar-refractivity contribution in [3.8, 4) is 0 Å². The first-order chi connectivity index (χ1) is 9.02. The molecular weight excluding hydrogens is 583 g/mol. The van der Waals surface area contributed by atoms with Gasteiger partial charge >= 0.3 is 0 Å². The van der Waals surface area contributed by atoms with Crippen LogP contribution in [0.3, 0.4) is 0 Å². The monoisotopic (exact) mass is 597 g/mol. The molecule has 1 aliphatic heterocycles. The summed E-state index contributed by atoms with van der Waals surface area (Å²) in [5.41, 5.74) is 0.805. The maximum absolute atomic E-state index is 12.6. The zero-order valence-corrected chi connectivity index (χ0v) is 16.7. The van der Waals surface area contributed by atoms with Gasteiger partial charge in [-0.2, -0.15) is 0 Å². The molecular formula is C13H14I3NO2. The van der Waals surface area contributed by atoms with E-state index in [0.29, 0.717) is 5.92 Å². The molecule has 0 radical (unpaired) electrons. The third kappa shape index (κ3) is 3.94. The summed E-state index contributed by atoms with van der Waals surface area (Å²) >= 11 is 6.77. The molecule has 104 valence electrons. The molecule has 1 heterocycles. The van der Waals surface area contributed by atoms with Crippen LogP contribution in [0.1, 0.15) is 23.2 Å². The van der Waals surface area contributed by atoms with E-state index >= 15 is 0 Å². The highest BCUT2D eigenvalue weighted by Gasteiger charge is 2.25. The Labute approximate surface area is 153 Å². The molecule has 1 N–H and O–H groups in total. The maximum Gasteiger partial charge on any atom is 0.255 e. The van der Waals surface area contributed by atoms with Crippen LogP contribution in [0, 0.1) is 16.6 Å². The number of carbonyl (C=O) groups is 1. The van der Waals surface area contributed by atoms with Crippen LogP contribution in [0.4, 0.5) is 0 Å². The Hall–Kier alpha value is 0.840. The normalized spacial score (nSPS) is 16.7. The van der Waals surface area contributed by atoms with E-state index in [1.54, 1.807) is 0 Å². The number of benzene rings is 1. The molecule has 0 unspecified atom stereocenters. The quantitative estimate of drug-likeness (QED) is 0.421. The number of rotatable bonds is 2. The molecule has 0 aromatic heterocycles. The molecule has 19 heavy (non-hydrogen) atoms. The summed E-state index contributed by atoms with van der Waals surface area (Å²) in [7, 11) is 0. The Balaban J connectivity index is 2.17. The summed E-state index contributed by atoms with van der Waals surface area (Å²) in [6.45, 7) is 1.74. The fourth-order valence-electron chi connectivity index (χ4n) is 2.20. The van der Waals surface area contributed by atoms with Crippen molar-refractivity contribution in [3.63, 3.8) is 0 Å². The number of likely N-dealkylation sites (tertiary alicyclic amines) is 1. The molecule has 0 bridgehead atoms. The van der Waals surface area contributed by atoms with Crippen molar-refractivity contribution in [1.29, 1.82) is 0 Å². The highest BCUT2D eigenvalue weighted by Crippen LogP contribution is 2.25. The number of hydrogen-bond acceptors (Lipinski definition) is 2. The molecule has 1 fully saturated rings. The minimum Gasteiger partial charge on any atom is -0.396 e. The van der Waals surface area contributed by atoms with Gasteiger partial charge in [-0.3, -0.25) is 4.79 Å². The SMILES string of the molecule is O=C(c1cc(I)cc(I)c1I)N1CCC(CO)CC1. The van der Waals surface area contributed by atoms with Crippen molar-refractivity contribution in [2.45, 2.75) is 12.8 Å². The minimum atomic E-state index is 0.122. The van der Waals surface area contributed by atoms with E-state index in [-0.39, 0.29) is 12.5 Å². The molecule has 1 aromatic rings. The fourth-order valence-corrected chi connectivity index (χ4v) is 4.59. The summed E-state index contributed by atoms with van der Waals surface area (Å²) in [5.74, 6) is 0.483. The largest absolute Gasteiger partial charge is 0.396 e. The summed E-state index contributed by atoms with van der Waals surface area (Å²) < 4.78 is 3.25. The summed E-state index contributed by atoms with van der Waals surface area (Å²) in [5, 5.41) is 9.14. The lowest BCUT2D eigenvalue weighted by molar-refractivity contribution is 0.0649. The van der Waals surface area contributed by atoms with E-state index in [1.807, 2.05) is 11.0 Å². The molecule has 1 amide bonds. The topological polar surface area (TPSA) is 40.5 Å². The van der Waals surface area contributed by atoms with Crippen molar-refractivity contribution in [2.75, 3.05) is 19.7 Å². The van der Waals surface area contributed by atoms with Crippen LogP contribution in [0.25, 0.3) is 0 Å². The fraction of sp³-hybridized carbons (Fsp3) is 0.462. The Morgan fingerprint density at radius 3 is 2.47 bits per heavy atom. The van der Waals surface area contributed by atoms with Crippen molar-refractivity contribution in [1.82, 2.24) is 4.90 Å². The Kier molecular flexibility index (Phi) is 6.15. The first kappa shape index (κ1) is 16.2. The van der Waals surface area contributed by atoms with Crippen LogP contribution in [0.2, 0.25) is 0 Å². The van der Waals surface area contributed by atoms with E-state index in [0.717, 1.165) is 42.2 Å². The zero-order valence-electron chi connectivity index (χ0n) is 10.2. The first-order valence-electron chi connectivity index (χ1n) is 6.07. The first-order valence-corrected chi connectivity index (χ1v) is 9.31. The van der Waals surface area contributed by atoms with Gasteiger partial charge in [-0.15, -0.1) is 0 Å². The third-order valence-electron chi connectivity index (χ3n) is 3.38. The van der Waals surface area contributed by atoms with Crippen molar-refractivity contribution >= 4 is 73.7 Å². The minimum absolute atomic E-state index is 0.122. The molecule has 6 heteroatoms. The van der Waals surface area contributed by atoms with E-state index in [2.05, 4.69) is 73.8 Å². The van der Waals surface area contributed by atoms with Crippen LogP contribution in [-0.4, -0.2) is 35.6 Å². The number of amides is 1. The van der Waals surface area contributed by atoms with E-state index in [9.17, 15) is 4.79 Å². The molecule has 0 aliphatic carbocycles. The molecule has 3 nitrogen and oxygen atoms in total. The zero-order chi connectivity index (χ0) is 14.0. The predicted octanol–water partition coefficient (Wildman–Crippen LogP) is 3.34. The summed E-state index contributed by atoms with van der Waals surface area (Å²) in [4.78, 5) is 14.5. The van der Waals surface area contributed by atoms with E-state index in [4.69, 9.17) is 5.11 Å². The van der Waals surface area contributed by atoms with Gasteiger partial charge in [-0.05, 0) is 98.7 Å². The highest BCUT2D eigenvalue weighted by atomic mass is 127. The van der Waals surface area contributed by atoms with E-state index < -0.39 is 0 Å². The van der Waals surface area contributed by atoms with Crippen molar-refractivity contribution in [3.05, 3.63) is 28.4 Å². The lowest BCUT2D eigenvalue weighted by Crippen LogP contribution is -2.39. The van der Waals surface area contributed by atoms with Gasteiger partial charge in [-0.25, -0.2) is 0 Å². The van der Waals surface area contributed by atoms with Crippen LogP contribution in [0.5, 0.6) is 0 Å². The Morgan fingerprint density at radius 2 is 1.89 bits per heavy atom. The highest BCUT2D eigenvalue weighted by molar-refractivity contribution is 14.1. The second kappa shape index (κ2) is 7.21. The van der Waals surface area contributed by atoms with Gasteiger partial charge in [0, 0.05) is 30.4 Å². The summed E-state index contributed by atoms with van der Waals surface area (Å²) in [6, 6.07) is 4.04. The lowest BCUT2D eigenvalue weighted by Gasteiger charge is -2.31. The smallest absolute Gasteiger partial charge is 0.255 e. The number of hydrogen-bond donors (Lipinski definition) is 1. The van der Waals surface area contributed by atoms with Crippen LogP contribution in [0.15, 0.2) is 12.1 Å². The predicted molar refractivity (Wildman–Crippen MR) is 100 cm³/mol. The number of halogens is 3. The van der Waals surface area contributed by atoms with Gasteiger partial charge in [0.25, 0.3) is 5.91 Å². The second-order valence-electron chi connectivity index (χ2n) is 4.67. The molecule has 2 rings (SSSR count). The average molecular weight is 597 g/mol. The number of carbonyl (C=O) groups excluding carboxylic acids is 1. The molecule has 1 aromatic carbocycles. The number of piperidine rings is 1. The standard InChI is InChI=1S/C13H14I3NO2/c14-9-5-10(12(16)11(15)6-9)13(19)17-3-1-8(7-18)2-4-17/h5-6,8,18H,1-4,7H2. The number of nitrogens with zero attached hydrogens (tertiary/aromatic N) is 1. The third-order valence-corrected chi connectivity index (χ3v) is 7.05. The second-order valence-corrected chi connectivity index (χ2v) is 8.15. The number of aliphatic hydroxyl groups is 1. The van der Waals surface area contributed by atoms with Crippen molar-refractivity contribution < 1.29 is 9.90 Å².